The fourth-order valence-electron chi connectivity index (χ4n) is 3.26. The maximum absolute atomic E-state index is 12.4. The summed E-state index contributed by atoms with van der Waals surface area (Å²) in [7, 11) is 0. The van der Waals surface area contributed by atoms with Crippen LogP contribution >= 0.6 is 11.8 Å². The number of amides is 1. The largest absolute Gasteiger partial charge is 0.376 e. The van der Waals surface area contributed by atoms with Crippen LogP contribution < -0.4 is 5.32 Å². The summed E-state index contributed by atoms with van der Waals surface area (Å²) in [4.78, 5) is 26.7. The number of anilines is 1. The zero-order valence-corrected chi connectivity index (χ0v) is 17.3. The molecule has 1 unspecified atom stereocenters. The molecule has 1 atom stereocenters. The van der Waals surface area contributed by atoms with E-state index in [-0.39, 0.29) is 23.5 Å². The molecule has 1 aliphatic heterocycles. The van der Waals surface area contributed by atoms with Crippen molar-refractivity contribution in [1.29, 1.82) is 0 Å². The Morgan fingerprint density at radius 1 is 1.23 bits per heavy atom. The van der Waals surface area contributed by atoms with Crippen LogP contribution in [0.5, 0.6) is 0 Å². The van der Waals surface area contributed by atoms with Crippen LogP contribution in [0.25, 0.3) is 11.4 Å². The van der Waals surface area contributed by atoms with Crippen molar-refractivity contribution >= 4 is 29.0 Å². The molecule has 3 heterocycles. The molecule has 3 aromatic rings. The average Bonchev–Trinajstić information content (AvgIpc) is 3.44. The van der Waals surface area contributed by atoms with Gasteiger partial charge in [-0.05, 0) is 37.1 Å². The van der Waals surface area contributed by atoms with E-state index in [1.165, 1.54) is 36.0 Å². The predicted molar refractivity (Wildman–Crippen MR) is 115 cm³/mol. The summed E-state index contributed by atoms with van der Waals surface area (Å²) in [6.07, 6.45) is 5.48. The normalized spacial score (nSPS) is 15.7. The lowest BCUT2D eigenvalue weighted by atomic mass is 10.2. The number of hydrogen-bond donors (Lipinski definition) is 1. The minimum Gasteiger partial charge on any atom is -0.376 e. The van der Waals surface area contributed by atoms with Gasteiger partial charge in [-0.25, -0.2) is 0 Å². The van der Waals surface area contributed by atoms with Crippen LogP contribution in [0.3, 0.4) is 0 Å². The van der Waals surface area contributed by atoms with E-state index in [9.17, 15) is 14.9 Å². The molecule has 1 aromatic carbocycles. The first kappa shape index (κ1) is 20.9. The van der Waals surface area contributed by atoms with Gasteiger partial charge in [-0.3, -0.25) is 24.5 Å². The van der Waals surface area contributed by atoms with Gasteiger partial charge < -0.3 is 10.1 Å². The first-order valence-corrected chi connectivity index (χ1v) is 10.7. The standard InChI is InChI=1S/C20H20N6O4S/c27-18(22-15-3-5-16(6-4-15)26(28)29)13-31-20-24-23-19(14-7-9-21-10-8-14)25(20)12-17-2-1-11-30-17/h3-10,17H,1-2,11-13H2,(H,22,27). The number of nitro benzene ring substituents is 1. The second-order valence-electron chi connectivity index (χ2n) is 6.93. The number of nitrogens with zero attached hydrogens (tertiary/aromatic N) is 5. The Morgan fingerprint density at radius 3 is 2.68 bits per heavy atom. The summed E-state index contributed by atoms with van der Waals surface area (Å²) >= 11 is 1.28. The topological polar surface area (TPSA) is 125 Å². The molecule has 1 N–H and O–H groups in total. The number of thioether (sulfide) groups is 1. The van der Waals surface area contributed by atoms with Crippen molar-refractivity contribution in [3.63, 3.8) is 0 Å². The minimum atomic E-state index is -0.483. The van der Waals surface area contributed by atoms with Crippen LogP contribution in [0.15, 0.2) is 53.9 Å². The van der Waals surface area contributed by atoms with E-state index in [1.54, 1.807) is 12.4 Å². The number of hydrogen-bond acceptors (Lipinski definition) is 8. The first-order chi connectivity index (χ1) is 15.1. The number of nitrogens with one attached hydrogen (secondary N) is 1. The molecule has 10 nitrogen and oxygen atoms in total. The van der Waals surface area contributed by atoms with E-state index in [0.717, 1.165) is 25.0 Å². The number of rotatable bonds is 8. The van der Waals surface area contributed by atoms with Gasteiger partial charge in [-0.15, -0.1) is 10.2 Å². The fraction of sp³-hybridized carbons (Fsp3) is 0.300. The third-order valence-electron chi connectivity index (χ3n) is 4.76. The third-order valence-corrected chi connectivity index (χ3v) is 5.73. The summed E-state index contributed by atoms with van der Waals surface area (Å²) in [6.45, 7) is 1.36. The summed E-state index contributed by atoms with van der Waals surface area (Å²) in [5.74, 6) is 0.587. The molecule has 0 spiro atoms. The van der Waals surface area contributed by atoms with Gasteiger partial charge in [-0.1, -0.05) is 11.8 Å². The summed E-state index contributed by atoms with van der Waals surface area (Å²) < 4.78 is 7.76. The number of nitro groups is 1. The second kappa shape index (κ2) is 9.67. The Labute approximate surface area is 182 Å². The van der Waals surface area contributed by atoms with Gasteiger partial charge in [0.2, 0.25) is 5.91 Å². The first-order valence-electron chi connectivity index (χ1n) is 9.72. The summed E-state index contributed by atoms with van der Waals surface area (Å²) in [5, 5.41) is 22.7. The van der Waals surface area contributed by atoms with Gasteiger partial charge >= 0.3 is 0 Å². The molecular weight excluding hydrogens is 420 g/mol. The Hall–Kier alpha value is -3.31. The molecule has 160 valence electrons. The average molecular weight is 440 g/mol. The van der Waals surface area contributed by atoms with E-state index in [1.807, 2.05) is 16.7 Å². The molecule has 1 fully saturated rings. The molecule has 0 radical (unpaired) electrons. The SMILES string of the molecule is O=C(CSc1nnc(-c2ccncc2)n1CC1CCCO1)Nc1ccc([N+](=O)[O-])cc1. The number of ether oxygens (including phenoxy) is 1. The number of carbonyl (C=O) groups excluding carboxylic acids is 1. The van der Waals surface area contributed by atoms with Crippen molar-refractivity contribution < 1.29 is 14.5 Å². The lowest BCUT2D eigenvalue weighted by Gasteiger charge is -2.14. The van der Waals surface area contributed by atoms with Crippen molar-refractivity contribution in [2.45, 2.75) is 30.6 Å². The van der Waals surface area contributed by atoms with Gasteiger partial charge in [0.05, 0.1) is 23.3 Å². The summed E-state index contributed by atoms with van der Waals surface area (Å²) in [6, 6.07) is 9.44. The lowest BCUT2D eigenvalue weighted by molar-refractivity contribution is -0.384. The highest BCUT2D eigenvalue weighted by Gasteiger charge is 2.22. The monoisotopic (exact) mass is 440 g/mol. The van der Waals surface area contributed by atoms with E-state index < -0.39 is 4.92 Å². The van der Waals surface area contributed by atoms with Crippen molar-refractivity contribution in [3.8, 4) is 11.4 Å². The zero-order valence-electron chi connectivity index (χ0n) is 16.5. The zero-order chi connectivity index (χ0) is 21.6. The molecule has 4 rings (SSSR count). The van der Waals surface area contributed by atoms with Crippen molar-refractivity contribution in [2.75, 3.05) is 17.7 Å². The second-order valence-corrected chi connectivity index (χ2v) is 7.87. The molecule has 0 saturated carbocycles. The van der Waals surface area contributed by atoms with E-state index >= 15 is 0 Å². The number of aromatic nitrogens is 4. The van der Waals surface area contributed by atoms with E-state index in [2.05, 4.69) is 20.5 Å². The number of pyridine rings is 1. The predicted octanol–water partition coefficient (Wildman–Crippen LogP) is 3.16. The molecule has 1 aliphatic rings. The van der Waals surface area contributed by atoms with Gasteiger partial charge in [0.15, 0.2) is 11.0 Å². The van der Waals surface area contributed by atoms with Crippen LogP contribution in [0.1, 0.15) is 12.8 Å². The van der Waals surface area contributed by atoms with Crippen molar-refractivity contribution in [2.24, 2.45) is 0 Å². The third kappa shape index (κ3) is 5.25. The van der Waals surface area contributed by atoms with Crippen molar-refractivity contribution in [3.05, 3.63) is 58.9 Å². The molecule has 0 bridgehead atoms. The van der Waals surface area contributed by atoms with Crippen LogP contribution in [-0.2, 0) is 16.1 Å². The van der Waals surface area contributed by atoms with Gasteiger partial charge in [0, 0.05) is 42.4 Å². The van der Waals surface area contributed by atoms with E-state index in [4.69, 9.17) is 4.74 Å². The number of carbonyl (C=O) groups is 1. The van der Waals surface area contributed by atoms with Crippen LogP contribution in [0.2, 0.25) is 0 Å². The molecule has 1 amide bonds. The number of non-ortho nitro benzene ring substituents is 1. The highest BCUT2D eigenvalue weighted by Crippen LogP contribution is 2.26. The Morgan fingerprint density at radius 2 is 2.00 bits per heavy atom. The Bertz CT molecular complexity index is 1050. The molecule has 31 heavy (non-hydrogen) atoms. The van der Waals surface area contributed by atoms with Crippen LogP contribution in [0.4, 0.5) is 11.4 Å². The van der Waals surface area contributed by atoms with Gasteiger partial charge in [0.1, 0.15) is 0 Å². The van der Waals surface area contributed by atoms with Crippen molar-refractivity contribution in [1.82, 2.24) is 19.7 Å². The van der Waals surface area contributed by atoms with Crippen LogP contribution in [0, 0.1) is 10.1 Å². The Balaban J connectivity index is 1.45. The molecule has 2 aromatic heterocycles. The van der Waals surface area contributed by atoms with Gasteiger partial charge in [-0.2, -0.15) is 0 Å². The minimum absolute atomic E-state index is 0.0294. The fourth-order valence-corrected chi connectivity index (χ4v) is 4.01. The maximum atomic E-state index is 12.4. The highest BCUT2D eigenvalue weighted by atomic mass is 32.2. The highest BCUT2D eigenvalue weighted by molar-refractivity contribution is 7.99. The Kier molecular flexibility index (Phi) is 6.53. The molecule has 0 aliphatic carbocycles. The maximum Gasteiger partial charge on any atom is 0.269 e. The smallest absolute Gasteiger partial charge is 0.269 e. The number of benzene rings is 1. The quantitative estimate of drug-likeness (QED) is 0.322. The molecule has 1 saturated heterocycles. The molecular formula is C20H20N6O4S. The lowest BCUT2D eigenvalue weighted by Crippen LogP contribution is -2.18. The van der Waals surface area contributed by atoms with Gasteiger partial charge in [0.25, 0.3) is 5.69 Å². The molecule has 11 heteroatoms. The summed E-state index contributed by atoms with van der Waals surface area (Å²) in [5.41, 5.74) is 1.36. The van der Waals surface area contributed by atoms with Crippen LogP contribution in [-0.4, -0.2) is 49.0 Å². The van der Waals surface area contributed by atoms with E-state index in [0.29, 0.717) is 23.2 Å².